The Morgan fingerprint density at radius 2 is 1.89 bits per heavy atom. The van der Waals surface area contributed by atoms with Crippen molar-refractivity contribution in [3.05, 3.63) is 29.3 Å². The van der Waals surface area contributed by atoms with Crippen LogP contribution in [0.2, 0.25) is 0 Å². The molecule has 5 heteroatoms. The van der Waals surface area contributed by atoms with E-state index in [0.29, 0.717) is 5.69 Å². The second-order valence-corrected chi connectivity index (χ2v) is 4.62. The SMILES string of the molecule is Cc1cccc(CN)c1N(CC(F)(F)F)C(C)C. The lowest BCUT2D eigenvalue weighted by atomic mass is 10.1. The molecule has 0 bridgehead atoms. The summed E-state index contributed by atoms with van der Waals surface area (Å²) >= 11 is 0. The number of para-hydroxylation sites is 1. The Hall–Kier alpha value is -1.23. The van der Waals surface area contributed by atoms with E-state index >= 15 is 0 Å². The van der Waals surface area contributed by atoms with Gasteiger partial charge in [-0.2, -0.15) is 13.2 Å². The summed E-state index contributed by atoms with van der Waals surface area (Å²) in [6.45, 7) is 4.58. The van der Waals surface area contributed by atoms with Crippen molar-refractivity contribution in [2.75, 3.05) is 11.4 Å². The first-order chi connectivity index (χ1) is 8.26. The van der Waals surface area contributed by atoms with Gasteiger partial charge in [-0.25, -0.2) is 0 Å². The molecule has 0 aliphatic heterocycles. The Kier molecular flexibility index (Phi) is 4.62. The van der Waals surface area contributed by atoms with Gasteiger partial charge in [0.2, 0.25) is 0 Å². The monoisotopic (exact) mass is 260 g/mol. The third-order valence-electron chi connectivity index (χ3n) is 2.80. The Labute approximate surface area is 106 Å². The number of aryl methyl sites for hydroxylation is 1. The molecule has 0 unspecified atom stereocenters. The molecule has 0 spiro atoms. The van der Waals surface area contributed by atoms with Crippen LogP contribution >= 0.6 is 0 Å². The van der Waals surface area contributed by atoms with Crippen molar-refractivity contribution in [2.24, 2.45) is 5.73 Å². The summed E-state index contributed by atoms with van der Waals surface area (Å²) in [4.78, 5) is 1.36. The second kappa shape index (κ2) is 5.61. The van der Waals surface area contributed by atoms with Gasteiger partial charge in [0.1, 0.15) is 6.54 Å². The minimum atomic E-state index is -4.22. The van der Waals surface area contributed by atoms with Crippen molar-refractivity contribution in [3.63, 3.8) is 0 Å². The standard InChI is InChI=1S/C13H19F3N2/c1-9(2)18(8-13(14,15)16)12-10(3)5-4-6-11(12)7-17/h4-6,9H,7-8,17H2,1-3H3. The highest BCUT2D eigenvalue weighted by molar-refractivity contribution is 5.60. The number of hydrogen-bond acceptors (Lipinski definition) is 2. The third kappa shape index (κ3) is 3.63. The predicted octanol–water partition coefficient (Wildman–Crippen LogP) is 3.23. The van der Waals surface area contributed by atoms with Crippen LogP contribution in [0.3, 0.4) is 0 Å². The average molecular weight is 260 g/mol. The summed E-state index contributed by atoms with van der Waals surface area (Å²) in [6, 6.07) is 5.15. The van der Waals surface area contributed by atoms with Crippen LogP contribution in [-0.4, -0.2) is 18.8 Å². The van der Waals surface area contributed by atoms with E-state index in [-0.39, 0.29) is 12.6 Å². The van der Waals surface area contributed by atoms with E-state index in [0.717, 1.165) is 11.1 Å². The number of rotatable bonds is 4. The largest absolute Gasteiger partial charge is 0.405 e. The number of benzene rings is 1. The molecular formula is C13H19F3N2. The Balaban J connectivity index is 3.21. The Bertz CT molecular complexity index is 400. The molecule has 0 heterocycles. The van der Waals surface area contributed by atoms with Crippen molar-refractivity contribution in [1.82, 2.24) is 0 Å². The minimum absolute atomic E-state index is 0.234. The molecule has 0 fully saturated rings. The highest BCUT2D eigenvalue weighted by Gasteiger charge is 2.33. The zero-order valence-electron chi connectivity index (χ0n) is 10.9. The molecule has 2 N–H and O–H groups in total. The van der Waals surface area contributed by atoms with Gasteiger partial charge in [-0.3, -0.25) is 0 Å². The van der Waals surface area contributed by atoms with Gasteiger partial charge in [0.05, 0.1) is 0 Å². The third-order valence-corrected chi connectivity index (χ3v) is 2.80. The summed E-state index contributed by atoms with van der Waals surface area (Å²) in [7, 11) is 0. The molecular weight excluding hydrogens is 241 g/mol. The fraction of sp³-hybridized carbons (Fsp3) is 0.538. The van der Waals surface area contributed by atoms with Gasteiger partial charge in [-0.15, -0.1) is 0 Å². The first kappa shape index (κ1) is 14.8. The predicted molar refractivity (Wildman–Crippen MR) is 67.6 cm³/mol. The fourth-order valence-electron chi connectivity index (χ4n) is 2.01. The van der Waals surface area contributed by atoms with Crippen molar-refractivity contribution < 1.29 is 13.2 Å². The molecule has 0 saturated carbocycles. The average Bonchev–Trinajstić information content (AvgIpc) is 2.24. The summed E-state index contributed by atoms with van der Waals surface area (Å²) in [5.41, 5.74) is 7.78. The zero-order chi connectivity index (χ0) is 13.9. The van der Waals surface area contributed by atoms with Crippen LogP contribution in [0, 0.1) is 6.92 Å². The molecule has 0 atom stereocenters. The summed E-state index contributed by atoms with van der Waals surface area (Å²) in [5.74, 6) is 0. The number of nitrogens with two attached hydrogens (primary N) is 1. The first-order valence-electron chi connectivity index (χ1n) is 5.88. The van der Waals surface area contributed by atoms with Gasteiger partial charge in [-0.05, 0) is 31.9 Å². The smallest absolute Gasteiger partial charge is 0.360 e. The van der Waals surface area contributed by atoms with Gasteiger partial charge in [0.25, 0.3) is 0 Å². The molecule has 1 aromatic rings. The fourth-order valence-corrected chi connectivity index (χ4v) is 2.01. The van der Waals surface area contributed by atoms with Gasteiger partial charge in [-0.1, -0.05) is 18.2 Å². The van der Waals surface area contributed by atoms with Crippen molar-refractivity contribution in [3.8, 4) is 0 Å². The van der Waals surface area contributed by atoms with Crippen LogP contribution in [-0.2, 0) is 6.54 Å². The van der Waals surface area contributed by atoms with Gasteiger partial charge in [0.15, 0.2) is 0 Å². The molecule has 0 aliphatic rings. The van der Waals surface area contributed by atoms with Gasteiger partial charge >= 0.3 is 6.18 Å². The number of halogens is 3. The van der Waals surface area contributed by atoms with Gasteiger partial charge < -0.3 is 10.6 Å². The molecule has 0 aliphatic carbocycles. The maximum atomic E-state index is 12.6. The second-order valence-electron chi connectivity index (χ2n) is 4.62. The lowest BCUT2D eigenvalue weighted by Crippen LogP contribution is -2.40. The van der Waals surface area contributed by atoms with E-state index in [4.69, 9.17) is 5.73 Å². The topological polar surface area (TPSA) is 29.3 Å². The molecule has 0 saturated heterocycles. The van der Waals surface area contributed by atoms with Crippen molar-refractivity contribution in [1.29, 1.82) is 0 Å². The Morgan fingerprint density at radius 1 is 1.28 bits per heavy atom. The maximum Gasteiger partial charge on any atom is 0.405 e. The van der Waals surface area contributed by atoms with Gasteiger partial charge in [0, 0.05) is 18.3 Å². The normalized spacial score (nSPS) is 12.0. The Morgan fingerprint density at radius 3 is 2.33 bits per heavy atom. The lowest BCUT2D eigenvalue weighted by Gasteiger charge is -2.33. The van der Waals surface area contributed by atoms with Crippen LogP contribution < -0.4 is 10.6 Å². The van der Waals surface area contributed by atoms with Crippen molar-refractivity contribution in [2.45, 2.75) is 39.5 Å². The van der Waals surface area contributed by atoms with Crippen LogP contribution in [0.4, 0.5) is 18.9 Å². The number of anilines is 1. The molecule has 18 heavy (non-hydrogen) atoms. The molecule has 2 nitrogen and oxygen atoms in total. The quantitative estimate of drug-likeness (QED) is 0.900. The number of nitrogens with zero attached hydrogens (tertiary/aromatic N) is 1. The van der Waals surface area contributed by atoms with Crippen LogP contribution in [0.5, 0.6) is 0 Å². The van der Waals surface area contributed by atoms with E-state index in [1.54, 1.807) is 32.9 Å². The maximum absolute atomic E-state index is 12.6. The van der Waals surface area contributed by atoms with Crippen LogP contribution in [0.1, 0.15) is 25.0 Å². The van der Waals surface area contributed by atoms with Crippen LogP contribution in [0.25, 0.3) is 0 Å². The van der Waals surface area contributed by atoms with E-state index in [1.807, 2.05) is 6.07 Å². The van der Waals surface area contributed by atoms with Crippen molar-refractivity contribution >= 4 is 5.69 Å². The molecule has 102 valence electrons. The van der Waals surface area contributed by atoms with E-state index in [2.05, 4.69) is 0 Å². The zero-order valence-corrected chi connectivity index (χ0v) is 10.9. The van der Waals surface area contributed by atoms with Crippen LogP contribution in [0.15, 0.2) is 18.2 Å². The highest BCUT2D eigenvalue weighted by atomic mass is 19.4. The molecule has 0 radical (unpaired) electrons. The molecule has 1 aromatic carbocycles. The van der Waals surface area contributed by atoms with E-state index < -0.39 is 12.7 Å². The summed E-state index contributed by atoms with van der Waals surface area (Å²) < 4.78 is 37.9. The summed E-state index contributed by atoms with van der Waals surface area (Å²) in [6.07, 6.45) is -4.22. The molecule has 0 amide bonds. The minimum Gasteiger partial charge on any atom is -0.360 e. The number of alkyl halides is 3. The molecule has 0 aromatic heterocycles. The highest BCUT2D eigenvalue weighted by Crippen LogP contribution is 2.30. The van der Waals surface area contributed by atoms with E-state index in [9.17, 15) is 13.2 Å². The molecule has 1 rings (SSSR count). The van der Waals surface area contributed by atoms with E-state index in [1.165, 1.54) is 4.90 Å². The summed E-state index contributed by atoms with van der Waals surface area (Å²) in [5, 5.41) is 0. The lowest BCUT2D eigenvalue weighted by molar-refractivity contribution is -0.120. The first-order valence-corrected chi connectivity index (χ1v) is 5.88. The number of hydrogen-bond donors (Lipinski definition) is 1.